The van der Waals surface area contributed by atoms with Gasteiger partial charge in [-0.15, -0.1) is 0 Å². The fraction of sp³-hybridized carbons (Fsp3) is 0.125. The van der Waals surface area contributed by atoms with E-state index in [1.807, 2.05) is 21.2 Å². The first-order chi connectivity index (χ1) is 7.19. The molecular weight excluding hydrogens is 331 g/mol. The van der Waals surface area contributed by atoms with E-state index in [1.165, 1.54) is 28.2 Å². The van der Waals surface area contributed by atoms with Gasteiger partial charge in [0, 0.05) is 27.3 Å². The van der Waals surface area contributed by atoms with Crippen LogP contribution in [-0.2, 0) is 0 Å². The summed E-state index contributed by atoms with van der Waals surface area (Å²) in [5.41, 5.74) is 0.284. The van der Waals surface area contributed by atoms with Gasteiger partial charge in [-0.1, -0.05) is 0 Å². The Balaban J connectivity index is 3.13. The number of pyridine rings is 1. The van der Waals surface area contributed by atoms with Crippen LogP contribution in [0.2, 0.25) is 0 Å². The lowest BCUT2D eigenvalue weighted by Crippen LogP contribution is -1.97. The Morgan fingerprint density at radius 3 is 2.93 bits per heavy atom. The maximum atomic E-state index is 10.6. The smallest absolute Gasteiger partial charge is 0.331 e. The van der Waals surface area contributed by atoms with E-state index in [0.717, 1.165) is 0 Å². The maximum Gasteiger partial charge on any atom is 0.331 e. The molecule has 0 aliphatic carbocycles. The first-order valence-electron chi connectivity index (χ1n) is 3.67. The highest BCUT2D eigenvalue weighted by molar-refractivity contribution is 14.2. The Hall–Kier alpha value is -1.01. The molecule has 0 unspecified atom stereocenters. The topological polar surface area (TPSA) is 65.3 Å². The lowest BCUT2D eigenvalue weighted by molar-refractivity contribution is -0.386. The molecule has 0 aromatic carbocycles. The number of nitro groups is 1. The minimum atomic E-state index is -0.546. The molecule has 0 N–H and O–H groups in total. The van der Waals surface area contributed by atoms with Gasteiger partial charge in [-0.05, 0) is 26.2 Å². The van der Waals surface area contributed by atoms with Crippen LogP contribution in [0.15, 0.2) is 12.1 Å². The first-order valence-corrected chi connectivity index (χ1v) is 7.03. The van der Waals surface area contributed by atoms with E-state index < -0.39 is 4.92 Å². The molecule has 78 valence electrons. The molecule has 1 heterocycles. The zero-order valence-electron chi connectivity index (χ0n) is 7.56. The molecule has 0 saturated carbocycles. The fourth-order valence-electron chi connectivity index (χ4n) is 0.863. The molecule has 5 nitrogen and oxygen atoms in total. The van der Waals surface area contributed by atoms with Crippen LogP contribution in [0.4, 0.5) is 5.69 Å². The number of nitrogens with zero attached hydrogens (tertiary/aromatic N) is 2. The van der Waals surface area contributed by atoms with Crippen molar-refractivity contribution in [3.63, 3.8) is 0 Å². The molecule has 0 saturated heterocycles. The summed E-state index contributed by atoms with van der Waals surface area (Å²) in [7, 11) is 2.65. The van der Waals surface area contributed by atoms with Gasteiger partial charge in [-0.3, -0.25) is 10.1 Å². The zero-order valence-corrected chi connectivity index (χ0v) is 10.5. The van der Waals surface area contributed by atoms with Crippen LogP contribution in [0, 0.1) is 21.3 Å². The van der Waals surface area contributed by atoms with Gasteiger partial charge in [0.05, 0.1) is 12.0 Å². The van der Waals surface area contributed by atoms with Crippen molar-refractivity contribution in [2.24, 2.45) is 0 Å². The van der Waals surface area contributed by atoms with Gasteiger partial charge in [0.25, 0.3) is 5.88 Å². The fourth-order valence-corrected chi connectivity index (χ4v) is 1.34. The van der Waals surface area contributed by atoms with Gasteiger partial charge in [-0.2, -0.15) is 4.98 Å². The lowest BCUT2D eigenvalue weighted by atomic mass is 10.3. The molecule has 0 bridgehead atoms. The van der Waals surface area contributed by atoms with Gasteiger partial charge in [0.15, 0.2) is 0 Å². The van der Waals surface area contributed by atoms with Crippen LogP contribution in [0.3, 0.4) is 0 Å². The van der Waals surface area contributed by atoms with Crippen molar-refractivity contribution >= 4 is 35.8 Å². The van der Waals surface area contributed by atoms with Crippen LogP contribution in [-0.4, -0.2) is 17.0 Å². The summed E-state index contributed by atoms with van der Waals surface area (Å²) in [4.78, 5) is 13.9. The average Bonchev–Trinajstić information content (AvgIpc) is 2.25. The number of halogens is 1. The van der Waals surface area contributed by atoms with Crippen LogP contribution < -0.4 is 4.74 Å². The molecule has 7 heteroatoms. The van der Waals surface area contributed by atoms with Crippen molar-refractivity contribution in [2.45, 2.75) is 0 Å². The number of rotatable bonds is 2. The SMILES string of the molecule is COc1nc(C#CSI)ccc1[N+](=O)[O-]. The molecule has 0 spiro atoms. The summed E-state index contributed by atoms with van der Waals surface area (Å²) >= 11 is 2.03. The van der Waals surface area contributed by atoms with Gasteiger partial charge >= 0.3 is 5.69 Å². The first kappa shape index (κ1) is 12.1. The second kappa shape index (κ2) is 5.77. The maximum absolute atomic E-state index is 10.6. The van der Waals surface area contributed by atoms with E-state index in [-0.39, 0.29) is 11.6 Å². The summed E-state index contributed by atoms with van der Waals surface area (Å²) in [6, 6.07) is 2.81. The Morgan fingerprint density at radius 2 is 2.40 bits per heavy atom. The number of hydrogen-bond acceptors (Lipinski definition) is 5. The normalized spacial score (nSPS) is 8.93. The van der Waals surface area contributed by atoms with E-state index in [0.29, 0.717) is 5.69 Å². The molecule has 0 atom stereocenters. The standard InChI is InChI=1S/C8H5IN2O3S/c1-14-8-7(11(12)13)3-2-6(10-8)4-5-15-9/h2-3H,1H3. The van der Waals surface area contributed by atoms with Crippen LogP contribution >= 0.6 is 30.1 Å². The Labute approximate surface area is 102 Å². The van der Waals surface area contributed by atoms with Crippen molar-refractivity contribution in [1.82, 2.24) is 4.98 Å². The quantitative estimate of drug-likeness (QED) is 0.359. The highest BCUT2D eigenvalue weighted by Gasteiger charge is 2.15. The number of ether oxygens (including phenoxy) is 1. The second-order valence-electron chi connectivity index (χ2n) is 2.29. The average molecular weight is 336 g/mol. The Bertz CT molecular complexity index is 441. The largest absolute Gasteiger partial charge is 0.476 e. The predicted molar refractivity (Wildman–Crippen MR) is 65.9 cm³/mol. The summed E-state index contributed by atoms with van der Waals surface area (Å²) in [5.74, 6) is 2.70. The minimum absolute atomic E-state index is 0.0229. The molecule has 0 aliphatic rings. The summed E-state index contributed by atoms with van der Waals surface area (Å²) < 4.78 is 4.80. The Morgan fingerprint density at radius 1 is 1.67 bits per heavy atom. The zero-order chi connectivity index (χ0) is 11.3. The van der Waals surface area contributed by atoms with Crippen LogP contribution in [0.25, 0.3) is 0 Å². The molecule has 0 radical (unpaired) electrons. The van der Waals surface area contributed by atoms with E-state index in [1.54, 1.807) is 0 Å². The number of hydrogen-bond donors (Lipinski definition) is 0. The third-order valence-electron chi connectivity index (χ3n) is 1.45. The lowest BCUT2D eigenvalue weighted by Gasteiger charge is -1.99. The molecule has 0 fully saturated rings. The Kier molecular flexibility index (Phi) is 4.64. The molecular formula is C8H5IN2O3S. The van der Waals surface area contributed by atoms with Gasteiger partial charge in [-0.25, -0.2) is 0 Å². The highest BCUT2D eigenvalue weighted by Crippen LogP contribution is 2.23. The molecule has 1 aromatic heterocycles. The van der Waals surface area contributed by atoms with E-state index >= 15 is 0 Å². The van der Waals surface area contributed by atoms with Gasteiger partial charge in [0.2, 0.25) is 0 Å². The van der Waals surface area contributed by atoms with Crippen molar-refractivity contribution in [1.29, 1.82) is 0 Å². The van der Waals surface area contributed by atoms with Crippen LogP contribution in [0.5, 0.6) is 5.88 Å². The molecule has 0 amide bonds. The summed E-state index contributed by atoms with van der Waals surface area (Å²) in [6.45, 7) is 0. The van der Waals surface area contributed by atoms with Crippen molar-refractivity contribution in [3.05, 3.63) is 27.9 Å². The van der Waals surface area contributed by atoms with Crippen LogP contribution in [0.1, 0.15) is 5.69 Å². The van der Waals surface area contributed by atoms with Gasteiger partial charge < -0.3 is 4.74 Å². The molecule has 1 aromatic rings. The van der Waals surface area contributed by atoms with E-state index in [4.69, 9.17) is 4.74 Å². The van der Waals surface area contributed by atoms with Crippen molar-refractivity contribution in [3.8, 4) is 17.1 Å². The molecule has 1 rings (SSSR count). The third-order valence-corrected chi connectivity index (χ3v) is 2.29. The van der Waals surface area contributed by atoms with E-state index in [9.17, 15) is 10.1 Å². The highest BCUT2D eigenvalue weighted by atomic mass is 127. The minimum Gasteiger partial charge on any atom is -0.476 e. The summed E-state index contributed by atoms with van der Waals surface area (Å²) in [5, 5.41) is 13.3. The third kappa shape index (κ3) is 3.24. The predicted octanol–water partition coefficient (Wildman–Crippen LogP) is 2.39. The molecule has 15 heavy (non-hydrogen) atoms. The van der Waals surface area contributed by atoms with E-state index in [2.05, 4.69) is 16.2 Å². The summed E-state index contributed by atoms with van der Waals surface area (Å²) in [6.07, 6.45) is 0. The number of methoxy groups -OCH3 is 1. The van der Waals surface area contributed by atoms with Crippen molar-refractivity contribution in [2.75, 3.05) is 7.11 Å². The molecule has 0 aliphatic heterocycles. The second-order valence-corrected chi connectivity index (χ2v) is 3.97. The van der Waals surface area contributed by atoms with Crippen molar-refractivity contribution < 1.29 is 9.66 Å². The monoisotopic (exact) mass is 336 g/mol. The number of aromatic nitrogens is 1. The van der Waals surface area contributed by atoms with Gasteiger partial charge in [0.1, 0.15) is 5.69 Å².